The van der Waals surface area contributed by atoms with E-state index >= 15 is 0 Å². The van der Waals surface area contributed by atoms with Crippen molar-refractivity contribution >= 4 is 28.7 Å². The monoisotopic (exact) mass is 351 g/mol. The molecule has 0 unspecified atom stereocenters. The van der Waals surface area contributed by atoms with Gasteiger partial charge < -0.3 is 0 Å². The Morgan fingerprint density at radius 1 is 0.880 bits per heavy atom. The zero-order valence-electron chi connectivity index (χ0n) is 13.1. The number of nitrogens with one attached hydrogen (secondary N) is 1. The van der Waals surface area contributed by atoms with Crippen molar-refractivity contribution in [3.05, 3.63) is 105 Å². The largest absolute Gasteiger partial charge is 0.278 e. The Bertz CT molecular complexity index is 892. The number of benzene rings is 3. The van der Waals surface area contributed by atoms with Gasteiger partial charge in [0.25, 0.3) is 5.69 Å². The summed E-state index contributed by atoms with van der Waals surface area (Å²) in [5.41, 5.74) is 6.17. The van der Waals surface area contributed by atoms with Gasteiger partial charge in [-0.25, -0.2) is 0 Å². The predicted molar refractivity (Wildman–Crippen MR) is 100 cm³/mol. The van der Waals surface area contributed by atoms with Crippen molar-refractivity contribution in [2.24, 2.45) is 5.10 Å². The number of halogens is 1. The van der Waals surface area contributed by atoms with E-state index in [4.69, 9.17) is 11.6 Å². The van der Waals surface area contributed by atoms with Crippen molar-refractivity contribution in [3.8, 4) is 0 Å². The highest BCUT2D eigenvalue weighted by atomic mass is 35.5. The van der Waals surface area contributed by atoms with Crippen LogP contribution in [0, 0.1) is 10.1 Å². The fourth-order valence-corrected chi connectivity index (χ4v) is 2.40. The topological polar surface area (TPSA) is 67.5 Å². The van der Waals surface area contributed by atoms with Crippen LogP contribution in [0.15, 0.2) is 84.0 Å². The van der Waals surface area contributed by atoms with Gasteiger partial charge in [0.05, 0.1) is 16.3 Å². The normalized spacial score (nSPS) is 11.2. The van der Waals surface area contributed by atoms with E-state index in [9.17, 15) is 10.1 Å². The van der Waals surface area contributed by atoms with Crippen LogP contribution in [0.5, 0.6) is 0 Å². The highest BCUT2D eigenvalue weighted by molar-refractivity contribution is 6.30. The lowest BCUT2D eigenvalue weighted by Crippen LogP contribution is -2.06. The molecule has 0 atom stereocenters. The lowest BCUT2D eigenvalue weighted by molar-refractivity contribution is -0.384. The maximum Gasteiger partial charge on any atom is 0.269 e. The number of nitro benzene ring substituents is 1. The highest BCUT2D eigenvalue weighted by Gasteiger charge is 2.10. The van der Waals surface area contributed by atoms with Crippen LogP contribution in [0.25, 0.3) is 0 Å². The number of non-ortho nitro benzene ring substituents is 1. The van der Waals surface area contributed by atoms with Crippen LogP contribution in [0.2, 0.25) is 5.02 Å². The maximum atomic E-state index is 10.8. The zero-order chi connectivity index (χ0) is 17.6. The molecule has 0 bridgehead atoms. The summed E-state index contributed by atoms with van der Waals surface area (Å²) in [6, 6.07) is 23.1. The standard InChI is InChI=1S/C19H14ClN3O2/c20-16-10-6-14(7-11-16)19(22-21-17-4-2-1-3-5-17)15-8-12-18(13-9-15)23(24)25/h1-13,21H/b22-19-. The van der Waals surface area contributed by atoms with Gasteiger partial charge in [0.1, 0.15) is 0 Å². The Morgan fingerprint density at radius 2 is 1.44 bits per heavy atom. The quantitative estimate of drug-likeness (QED) is 0.394. The van der Waals surface area contributed by atoms with Crippen LogP contribution < -0.4 is 5.43 Å². The van der Waals surface area contributed by atoms with Crippen molar-refractivity contribution < 1.29 is 4.92 Å². The molecule has 0 amide bonds. The SMILES string of the molecule is O=[N+]([O-])c1ccc(/C(=N\Nc2ccccc2)c2ccc(Cl)cc2)cc1. The van der Waals surface area contributed by atoms with Gasteiger partial charge in [-0.15, -0.1) is 0 Å². The molecule has 0 fully saturated rings. The molecule has 0 radical (unpaired) electrons. The van der Waals surface area contributed by atoms with Gasteiger partial charge >= 0.3 is 0 Å². The van der Waals surface area contributed by atoms with E-state index in [1.54, 1.807) is 24.3 Å². The van der Waals surface area contributed by atoms with E-state index in [-0.39, 0.29) is 5.69 Å². The van der Waals surface area contributed by atoms with Crippen molar-refractivity contribution in [3.63, 3.8) is 0 Å². The average molecular weight is 352 g/mol. The molecule has 3 rings (SSSR count). The fourth-order valence-electron chi connectivity index (χ4n) is 2.28. The summed E-state index contributed by atoms with van der Waals surface area (Å²) in [6.45, 7) is 0. The third-order valence-electron chi connectivity index (χ3n) is 3.54. The fraction of sp³-hybridized carbons (Fsp3) is 0. The van der Waals surface area contributed by atoms with Gasteiger partial charge in [-0.3, -0.25) is 15.5 Å². The summed E-state index contributed by atoms with van der Waals surface area (Å²) in [6.07, 6.45) is 0. The van der Waals surface area contributed by atoms with E-state index in [2.05, 4.69) is 10.5 Å². The Balaban J connectivity index is 1.99. The lowest BCUT2D eigenvalue weighted by Gasteiger charge is -2.09. The number of hydrazone groups is 1. The maximum absolute atomic E-state index is 10.8. The molecule has 1 N–H and O–H groups in total. The van der Waals surface area contributed by atoms with Crippen LogP contribution >= 0.6 is 11.6 Å². The molecule has 3 aromatic carbocycles. The summed E-state index contributed by atoms with van der Waals surface area (Å²) in [4.78, 5) is 10.4. The van der Waals surface area contributed by atoms with Crippen LogP contribution in [0.3, 0.4) is 0 Å². The molecule has 0 aliphatic rings. The highest BCUT2D eigenvalue weighted by Crippen LogP contribution is 2.18. The molecule has 0 spiro atoms. The van der Waals surface area contributed by atoms with E-state index in [1.165, 1.54) is 12.1 Å². The lowest BCUT2D eigenvalue weighted by atomic mass is 10.0. The minimum atomic E-state index is -0.425. The molecule has 0 saturated carbocycles. The first-order valence-corrected chi connectivity index (χ1v) is 7.91. The van der Waals surface area contributed by atoms with Crippen molar-refractivity contribution in [2.75, 3.05) is 5.43 Å². The summed E-state index contributed by atoms with van der Waals surface area (Å²) >= 11 is 5.96. The van der Waals surface area contributed by atoms with Gasteiger partial charge in [-0.1, -0.05) is 41.9 Å². The molecule has 6 heteroatoms. The number of para-hydroxylation sites is 1. The minimum Gasteiger partial charge on any atom is -0.278 e. The smallest absolute Gasteiger partial charge is 0.269 e. The molecule has 0 aliphatic carbocycles. The molecule has 0 aliphatic heterocycles. The van der Waals surface area contributed by atoms with Gasteiger partial charge in [-0.05, 0) is 36.4 Å². The van der Waals surface area contributed by atoms with Crippen LogP contribution in [-0.2, 0) is 0 Å². The molecule has 3 aromatic rings. The van der Waals surface area contributed by atoms with E-state index in [1.807, 2.05) is 42.5 Å². The number of rotatable bonds is 5. The van der Waals surface area contributed by atoms with Crippen LogP contribution in [-0.4, -0.2) is 10.6 Å². The van der Waals surface area contributed by atoms with Gasteiger partial charge in [0.2, 0.25) is 0 Å². The summed E-state index contributed by atoms with van der Waals surface area (Å²) in [5, 5.41) is 16.0. The van der Waals surface area contributed by atoms with Gasteiger partial charge in [-0.2, -0.15) is 5.10 Å². The van der Waals surface area contributed by atoms with Crippen molar-refractivity contribution in [1.29, 1.82) is 0 Å². The first kappa shape index (κ1) is 16.7. The second-order valence-electron chi connectivity index (χ2n) is 5.25. The van der Waals surface area contributed by atoms with Gasteiger partial charge in [0, 0.05) is 28.3 Å². The third-order valence-corrected chi connectivity index (χ3v) is 3.79. The minimum absolute atomic E-state index is 0.0372. The molecule has 25 heavy (non-hydrogen) atoms. The first-order valence-electron chi connectivity index (χ1n) is 7.53. The van der Waals surface area contributed by atoms with Crippen molar-refractivity contribution in [2.45, 2.75) is 0 Å². The number of nitro groups is 1. The second kappa shape index (κ2) is 7.59. The number of anilines is 1. The average Bonchev–Trinajstić information content (AvgIpc) is 2.64. The molecule has 0 aromatic heterocycles. The molecule has 5 nitrogen and oxygen atoms in total. The molecule has 0 heterocycles. The van der Waals surface area contributed by atoms with E-state index in [0.29, 0.717) is 10.7 Å². The second-order valence-corrected chi connectivity index (χ2v) is 5.69. The third kappa shape index (κ3) is 4.22. The zero-order valence-corrected chi connectivity index (χ0v) is 13.9. The van der Waals surface area contributed by atoms with Gasteiger partial charge in [0.15, 0.2) is 0 Å². The molecule has 124 valence electrons. The number of hydrogen-bond donors (Lipinski definition) is 1. The first-order chi connectivity index (χ1) is 12.1. The predicted octanol–water partition coefficient (Wildman–Crippen LogP) is 5.11. The van der Waals surface area contributed by atoms with E-state index in [0.717, 1.165) is 16.8 Å². The summed E-state index contributed by atoms with van der Waals surface area (Å²) < 4.78 is 0. The Hall–Kier alpha value is -3.18. The Kier molecular flexibility index (Phi) is 5.06. The number of nitrogens with zero attached hydrogens (tertiary/aromatic N) is 2. The van der Waals surface area contributed by atoms with E-state index < -0.39 is 4.92 Å². The summed E-state index contributed by atoms with van der Waals surface area (Å²) in [7, 11) is 0. The molecule has 0 saturated heterocycles. The molecular formula is C19H14ClN3O2. The number of hydrogen-bond acceptors (Lipinski definition) is 4. The Morgan fingerprint density at radius 3 is 2.00 bits per heavy atom. The summed E-state index contributed by atoms with van der Waals surface area (Å²) in [5.74, 6) is 0. The molecular weight excluding hydrogens is 338 g/mol. The van der Waals surface area contributed by atoms with Crippen molar-refractivity contribution in [1.82, 2.24) is 0 Å². The van der Waals surface area contributed by atoms with Crippen LogP contribution in [0.1, 0.15) is 11.1 Å². The van der Waals surface area contributed by atoms with Crippen LogP contribution in [0.4, 0.5) is 11.4 Å². The Labute approximate surface area is 149 Å².